The van der Waals surface area contributed by atoms with Crippen LogP contribution < -0.4 is 5.32 Å². The number of nitrogens with one attached hydrogen (secondary N) is 1. The van der Waals surface area contributed by atoms with Crippen LogP contribution in [0, 0.1) is 5.92 Å². The largest absolute Gasteiger partial charge is 0.481 e. The third kappa shape index (κ3) is 1.22. The minimum atomic E-state index is -0.611. The molecule has 0 aromatic heterocycles. The van der Waals surface area contributed by atoms with E-state index in [1.807, 2.05) is 0 Å². The second-order valence-corrected chi connectivity index (χ2v) is 4.09. The molecule has 68 valence electrons. The van der Waals surface area contributed by atoms with Crippen LogP contribution in [0.4, 0.5) is 0 Å². The lowest BCUT2D eigenvalue weighted by molar-refractivity contribution is -0.141. The van der Waals surface area contributed by atoms with Crippen molar-refractivity contribution < 1.29 is 9.90 Å². The second kappa shape index (κ2) is 2.73. The average molecular weight is 169 g/mol. The van der Waals surface area contributed by atoms with E-state index < -0.39 is 5.97 Å². The SMILES string of the molecule is O=C(O)[C@@H]1CCC2(CCCN2)C1. The van der Waals surface area contributed by atoms with Crippen LogP contribution in [0.25, 0.3) is 0 Å². The van der Waals surface area contributed by atoms with Gasteiger partial charge in [-0.15, -0.1) is 0 Å². The Kier molecular flexibility index (Phi) is 1.83. The number of hydrogen-bond donors (Lipinski definition) is 2. The predicted octanol–water partition coefficient (Wildman–Crippen LogP) is 0.993. The highest BCUT2D eigenvalue weighted by Gasteiger charge is 2.43. The lowest BCUT2D eigenvalue weighted by Crippen LogP contribution is -2.37. The van der Waals surface area contributed by atoms with Gasteiger partial charge in [0.1, 0.15) is 0 Å². The molecule has 12 heavy (non-hydrogen) atoms. The van der Waals surface area contributed by atoms with Gasteiger partial charge in [0.25, 0.3) is 0 Å². The van der Waals surface area contributed by atoms with Crippen LogP contribution in [0.1, 0.15) is 32.1 Å². The van der Waals surface area contributed by atoms with Crippen molar-refractivity contribution in [3.8, 4) is 0 Å². The van der Waals surface area contributed by atoms with Crippen molar-refractivity contribution >= 4 is 5.97 Å². The Labute approximate surface area is 72.2 Å². The molecule has 2 fully saturated rings. The zero-order valence-electron chi connectivity index (χ0n) is 7.18. The average Bonchev–Trinajstić information content (AvgIpc) is 2.62. The summed E-state index contributed by atoms with van der Waals surface area (Å²) in [7, 11) is 0. The molecule has 1 aliphatic carbocycles. The molecular formula is C9H15NO2. The quantitative estimate of drug-likeness (QED) is 0.615. The Bertz CT molecular complexity index is 197. The fraction of sp³-hybridized carbons (Fsp3) is 0.889. The first-order valence-corrected chi connectivity index (χ1v) is 4.70. The van der Waals surface area contributed by atoms with Gasteiger partial charge in [-0.05, 0) is 38.6 Å². The van der Waals surface area contributed by atoms with Crippen LogP contribution in [-0.4, -0.2) is 23.2 Å². The van der Waals surface area contributed by atoms with E-state index in [0.29, 0.717) is 0 Å². The van der Waals surface area contributed by atoms with Crippen molar-refractivity contribution in [1.29, 1.82) is 0 Å². The van der Waals surface area contributed by atoms with E-state index in [4.69, 9.17) is 5.11 Å². The van der Waals surface area contributed by atoms with E-state index in [2.05, 4.69) is 5.32 Å². The smallest absolute Gasteiger partial charge is 0.306 e. The summed E-state index contributed by atoms with van der Waals surface area (Å²) < 4.78 is 0. The molecule has 3 nitrogen and oxygen atoms in total. The molecule has 0 aromatic rings. The normalized spacial score (nSPS) is 40.8. The lowest BCUT2D eigenvalue weighted by Gasteiger charge is -2.22. The molecule has 3 heteroatoms. The number of rotatable bonds is 1. The fourth-order valence-corrected chi connectivity index (χ4v) is 2.59. The van der Waals surface area contributed by atoms with Crippen LogP contribution in [-0.2, 0) is 4.79 Å². The topological polar surface area (TPSA) is 49.3 Å². The molecular weight excluding hydrogens is 154 g/mol. The minimum Gasteiger partial charge on any atom is -0.481 e. The van der Waals surface area contributed by atoms with E-state index in [1.165, 1.54) is 12.8 Å². The van der Waals surface area contributed by atoms with Gasteiger partial charge >= 0.3 is 5.97 Å². The van der Waals surface area contributed by atoms with E-state index in [1.54, 1.807) is 0 Å². The molecule has 1 heterocycles. The molecule has 0 radical (unpaired) electrons. The van der Waals surface area contributed by atoms with Crippen molar-refractivity contribution in [3.05, 3.63) is 0 Å². The lowest BCUT2D eigenvalue weighted by atomic mass is 9.94. The molecule has 1 spiro atoms. The third-order valence-corrected chi connectivity index (χ3v) is 3.29. The molecule has 1 saturated heterocycles. The number of carboxylic acids is 1. The van der Waals surface area contributed by atoms with Gasteiger partial charge in [0.05, 0.1) is 5.92 Å². The number of carbonyl (C=O) groups is 1. The van der Waals surface area contributed by atoms with E-state index in [-0.39, 0.29) is 11.5 Å². The molecule has 1 aliphatic heterocycles. The van der Waals surface area contributed by atoms with Crippen LogP contribution in [0.5, 0.6) is 0 Å². The fourth-order valence-electron chi connectivity index (χ4n) is 2.59. The Morgan fingerprint density at radius 3 is 2.83 bits per heavy atom. The number of hydrogen-bond acceptors (Lipinski definition) is 2. The van der Waals surface area contributed by atoms with Crippen molar-refractivity contribution in [1.82, 2.24) is 5.32 Å². The summed E-state index contributed by atoms with van der Waals surface area (Å²) in [4.78, 5) is 10.7. The zero-order valence-corrected chi connectivity index (χ0v) is 7.18. The summed E-state index contributed by atoms with van der Waals surface area (Å²) in [5.74, 6) is -0.698. The van der Waals surface area contributed by atoms with Gasteiger partial charge in [-0.2, -0.15) is 0 Å². The molecule has 2 N–H and O–H groups in total. The summed E-state index contributed by atoms with van der Waals surface area (Å²) in [6.45, 7) is 1.08. The first kappa shape index (κ1) is 8.05. The second-order valence-electron chi connectivity index (χ2n) is 4.09. The van der Waals surface area contributed by atoms with Gasteiger partial charge in [-0.3, -0.25) is 4.79 Å². The standard InChI is InChI=1S/C9H15NO2/c11-8(12)7-2-4-9(6-7)3-1-5-10-9/h7,10H,1-6H2,(H,11,12)/t7-,9?/m1/s1. The van der Waals surface area contributed by atoms with Crippen molar-refractivity contribution in [2.24, 2.45) is 5.92 Å². The summed E-state index contributed by atoms with van der Waals surface area (Å²) in [6, 6.07) is 0. The van der Waals surface area contributed by atoms with E-state index in [9.17, 15) is 4.79 Å². The number of carboxylic acid groups (broad SMARTS) is 1. The summed E-state index contributed by atoms with van der Waals surface area (Å²) in [6.07, 6.45) is 5.16. The van der Waals surface area contributed by atoms with E-state index in [0.717, 1.165) is 25.8 Å². The van der Waals surface area contributed by atoms with Gasteiger partial charge in [-0.25, -0.2) is 0 Å². The van der Waals surface area contributed by atoms with Crippen molar-refractivity contribution in [2.75, 3.05) is 6.54 Å². The van der Waals surface area contributed by atoms with Crippen LogP contribution in [0.15, 0.2) is 0 Å². The Morgan fingerprint density at radius 1 is 1.50 bits per heavy atom. The monoisotopic (exact) mass is 169 g/mol. The number of aliphatic carboxylic acids is 1. The molecule has 1 unspecified atom stereocenters. The van der Waals surface area contributed by atoms with Crippen LogP contribution in [0.2, 0.25) is 0 Å². The maximum Gasteiger partial charge on any atom is 0.306 e. The zero-order chi connectivity index (χ0) is 8.60. The highest BCUT2D eigenvalue weighted by molar-refractivity contribution is 5.70. The first-order valence-electron chi connectivity index (χ1n) is 4.70. The molecule has 2 rings (SSSR count). The highest BCUT2D eigenvalue weighted by Crippen LogP contribution is 2.40. The summed E-state index contributed by atoms with van der Waals surface area (Å²) in [5, 5.41) is 12.3. The predicted molar refractivity (Wildman–Crippen MR) is 44.9 cm³/mol. The Morgan fingerprint density at radius 2 is 2.33 bits per heavy atom. The van der Waals surface area contributed by atoms with Gasteiger partial charge in [0.15, 0.2) is 0 Å². The third-order valence-electron chi connectivity index (χ3n) is 3.29. The first-order chi connectivity index (χ1) is 5.72. The molecule has 2 atom stereocenters. The highest BCUT2D eigenvalue weighted by atomic mass is 16.4. The molecule has 2 aliphatic rings. The van der Waals surface area contributed by atoms with Crippen LogP contribution in [0.3, 0.4) is 0 Å². The maximum atomic E-state index is 10.7. The maximum absolute atomic E-state index is 10.7. The van der Waals surface area contributed by atoms with Crippen LogP contribution >= 0.6 is 0 Å². The molecule has 0 bridgehead atoms. The molecule has 0 aromatic carbocycles. The molecule has 1 saturated carbocycles. The van der Waals surface area contributed by atoms with Gasteiger partial charge in [-0.1, -0.05) is 0 Å². The summed E-state index contributed by atoms with van der Waals surface area (Å²) in [5.41, 5.74) is 0.211. The summed E-state index contributed by atoms with van der Waals surface area (Å²) >= 11 is 0. The minimum absolute atomic E-state index is 0.0874. The van der Waals surface area contributed by atoms with Gasteiger partial charge in [0, 0.05) is 5.54 Å². The Balaban J connectivity index is 2.01. The van der Waals surface area contributed by atoms with Crippen molar-refractivity contribution in [3.63, 3.8) is 0 Å². The Hall–Kier alpha value is -0.570. The molecule has 0 amide bonds. The van der Waals surface area contributed by atoms with Gasteiger partial charge < -0.3 is 10.4 Å². The van der Waals surface area contributed by atoms with Crippen molar-refractivity contribution in [2.45, 2.75) is 37.6 Å². The van der Waals surface area contributed by atoms with E-state index >= 15 is 0 Å². The van der Waals surface area contributed by atoms with Gasteiger partial charge in [0.2, 0.25) is 0 Å².